The minimum atomic E-state index is -0.0580. The Morgan fingerprint density at radius 1 is 0.960 bits per heavy atom. The zero-order chi connectivity index (χ0) is 17.8. The van der Waals surface area contributed by atoms with Crippen LogP contribution in [0.2, 0.25) is 0 Å². The standard InChI is InChI=1S/C21H24N2O2/c1-14(2)20-18(21(24)23-22-20)12-16-9-6-7-11-19(16)25-13-17-10-5-4-8-15(17)3/h4-11,14H,12-13H2,1-3H3,(H2,22,23,24). The number of aryl methyl sites for hydroxylation is 1. The highest BCUT2D eigenvalue weighted by Gasteiger charge is 2.15. The molecule has 3 aromatic rings. The van der Waals surface area contributed by atoms with Crippen LogP contribution in [0, 0.1) is 6.92 Å². The molecule has 0 saturated heterocycles. The third-order valence-corrected chi connectivity index (χ3v) is 4.47. The number of aromatic nitrogens is 2. The SMILES string of the molecule is Cc1ccccc1COc1ccccc1Cc1c(C(C)C)[nH][nH]c1=O. The van der Waals surface area contributed by atoms with Gasteiger partial charge in [-0.2, -0.15) is 0 Å². The van der Waals surface area contributed by atoms with Crippen LogP contribution in [-0.4, -0.2) is 10.2 Å². The third kappa shape index (κ3) is 3.85. The number of aromatic amines is 2. The van der Waals surface area contributed by atoms with Crippen LogP contribution < -0.4 is 10.3 Å². The van der Waals surface area contributed by atoms with Gasteiger partial charge in [0.2, 0.25) is 0 Å². The van der Waals surface area contributed by atoms with Crippen LogP contribution in [0.3, 0.4) is 0 Å². The van der Waals surface area contributed by atoms with E-state index in [9.17, 15) is 4.79 Å². The molecule has 0 bridgehead atoms. The number of para-hydroxylation sites is 1. The Labute approximate surface area is 147 Å². The van der Waals surface area contributed by atoms with Gasteiger partial charge in [-0.15, -0.1) is 0 Å². The fourth-order valence-electron chi connectivity index (χ4n) is 2.97. The van der Waals surface area contributed by atoms with E-state index in [1.54, 1.807) is 0 Å². The van der Waals surface area contributed by atoms with Crippen LogP contribution in [0.25, 0.3) is 0 Å². The van der Waals surface area contributed by atoms with Crippen molar-refractivity contribution in [2.75, 3.05) is 0 Å². The molecule has 0 fully saturated rings. The molecule has 0 spiro atoms. The largest absolute Gasteiger partial charge is 0.489 e. The van der Waals surface area contributed by atoms with Gasteiger partial charge in [0.05, 0.1) is 0 Å². The zero-order valence-electron chi connectivity index (χ0n) is 14.9. The average Bonchev–Trinajstić information content (AvgIpc) is 2.96. The van der Waals surface area contributed by atoms with Crippen molar-refractivity contribution in [1.29, 1.82) is 0 Å². The number of benzene rings is 2. The summed E-state index contributed by atoms with van der Waals surface area (Å²) in [4.78, 5) is 12.2. The first kappa shape index (κ1) is 17.1. The fourth-order valence-corrected chi connectivity index (χ4v) is 2.97. The van der Waals surface area contributed by atoms with E-state index in [1.807, 2.05) is 36.4 Å². The molecule has 0 atom stereocenters. The van der Waals surface area contributed by atoms with E-state index in [1.165, 1.54) is 11.1 Å². The summed E-state index contributed by atoms with van der Waals surface area (Å²) in [6, 6.07) is 16.1. The molecule has 130 valence electrons. The van der Waals surface area contributed by atoms with Gasteiger partial charge in [-0.25, -0.2) is 0 Å². The number of H-pyrrole nitrogens is 2. The highest BCUT2D eigenvalue weighted by atomic mass is 16.5. The van der Waals surface area contributed by atoms with Gasteiger partial charge in [-0.1, -0.05) is 56.3 Å². The summed E-state index contributed by atoms with van der Waals surface area (Å²) in [6.45, 7) is 6.75. The van der Waals surface area contributed by atoms with Crippen LogP contribution in [-0.2, 0) is 13.0 Å². The molecule has 0 aliphatic heterocycles. The zero-order valence-corrected chi connectivity index (χ0v) is 14.9. The van der Waals surface area contributed by atoms with Crippen LogP contribution >= 0.6 is 0 Å². The van der Waals surface area contributed by atoms with Crippen LogP contribution in [0.5, 0.6) is 5.75 Å². The summed E-state index contributed by atoms with van der Waals surface area (Å²) >= 11 is 0. The summed E-state index contributed by atoms with van der Waals surface area (Å²) in [5.74, 6) is 1.08. The Hall–Kier alpha value is -2.75. The van der Waals surface area contributed by atoms with Crippen molar-refractivity contribution in [2.45, 2.75) is 39.7 Å². The minimum absolute atomic E-state index is 0.0580. The summed E-state index contributed by atoms with van der Waals surface area (Å²) in [7, 11) is 0. The highest BCUT2D eigenvalue weighted by Crippen LogP contribution is 2.24. The molecule has 0 aliphatic carbocycles. The molecule has 4 heteroatoms. The number of rotatable bonds is 6. The van der Waals surface area contributed by atoms with E-state index in [0.29, 0.717) is 13.0 Å². The molecule has 4 nitrogen and oxygen atoms in total. The summed E-state index contributed by atoms with van der Waals surface area (Å²) in [6.07, 6.45) is 0.552. The molecule has 3 rings (SSSR count). The maximum absolute atomic E-state index is 12.2. The Bertz CT molecular complexity index is 906. The van der Waals surface area contributed by atoms with Gasteiger partial charge in [0.15, 0.2) is 0 Å². The van der Waals surface area contributed by atoms with Crippen molar-refractivity contribution >= 4 is 0 Å². The molecule has 25 heavy (non-hydrogen) atoms. The van der Waals surface area contributed by atoms with Crippen LogP contribution in [0.1, 0.15) is 47.7 Å². The van der Waals surface area contributed by atoms with E-state index in [0.717, 1.165) is 22.6 Å². The van der Waals surface area contributed by atoms with Gasteiger partial charge in [0.1, 0.15) is 12.4 Å². The maximum Gasteiger partial charge on any atom is 0.267 e. The summed E-state index contributed by atoms with van der Waals surface area (Å²) < 4.78 is 6.07. The van der Waals surface area contributed by atoms with Crippen molar-refractivity contribution in [2.24, 2.45) is 0 Å². The maximum atomic E-state index is 12.2. The van der Waals surface area contributed by atoms with Gasteiger partial charge in [-0.05, 0) is 35.6 Å². The molecule has 2 N–H and O–H groups in total. The summed E-state index contributed by atoms with van der Waals surface area (Å²) in [5, 5.41) is 5.70. The molecule has 0 aliphatic rings. The third-order valence-electron chi connectivity index (χ3n) is 4.47. The summed E-state index contributed by atoms with van der Waals surface area (Å²) in [5.41, 5.74) is 5.07. The monoisotopic (exact) mass is 336 g/mol. The second kappa shape index (κ2) is 7.43. The van der Waals surface area contributed by atoms with Gasteiger partial charge < -0.3 is 9.84 Å². The quantitative estimate of drug-likeness (QED) is 0.705. The lowest BCUT2D eigenvalue weighted by Crippen LogP contribution is -2.09. The molecule has 1 aromatic heterocycles. The molecule has 2 aromatic carbocycles. The van der Waals surface area contributed by atoms with Crippen molar-refractivity contribution in [3.8, 4) is 5.75 Å². The first-order chi connectivity index (χ1) is 12.1. The Morgan fingerprint density at radius 2 is 1.64 bits per heavy atom. The number of hydrogen-bond acceptors (Lipinski definition) is 2. The second-order valence-corrected chi connectivity index (χ2v) is 6.63. The first-order valence-corrected chi connectivity index (χ1v) is 8.61. The van der Waals surface area contributed by atoms with Gasteiger partial charge in [-0.3, -0.25) is 9.89 Å². The van der Waals surface area contributed by atoms with Crippen LogP contribution in [0.15, 0.2) is 53.3 Å². The topological polar surface area (TPSA) is 57.9 Å². The lowest BCUT2D eigenvalue weighted by Gasteiger charge is -2.13. The highest BCUT2D eigenvalue weighted by molar-refractivity contribution is 5.39. The second-order valence-electron chi connectivity index (χ2n) is 6.63. The average molecular weight is 336 g/mol. The molecule has 0 unspecified atom stereocenters. The Balaban J connectivity index is 1.84. The molecule has 0 radical (unpaired) electrons. The molecule has 1 heterocycles. The minimum Gasteiger partial charge on any atom is -0.489 e. The lowest BCUT2D eigenvalue weighted by atomic mass is 9.99. The van der Waals surface area contributed by atoms with E-state index >= 15 is 0 Å². The predicted octanol–water partition coefficient (Wildman–Crippen LogP) is 4.30. The molecular formula is C21H24N2O2. The van der Waals surface area contributed by atoms with E-state index in [2.05, 4.69) is 43.1 Å². The number of nitrogens with one attached hydrogen (secondary N) is 2. The lowest BCUT2D eigenvalue weighted by molar-refractivity contribution is 0.302. The van der Waals surface area contributed by atoms with E-state index in [-0.39, 0.29) is 11.5 Å². The number of ether oxygens (including phenoxy) is 1. The molecular weight excluding hydrogens is 312 g/mol. The van der Waals surface area contributed by atoms with Gasteiger partial charge in [0.25, 0.3) is 5.56 Å². The van der Waals surface area contributed by atoms with Crippen molar-refractivity contribution in [3.63, 3.8) is 0 Å². The molecule has 0 saturated carbocycles. The van der Waals surface area contributed by atoms with Gasteiger partial charge in [0, 0.05) is 17.7 Å². The van der Waals surface area contributed by atoms with Crippen molar-refractivity contribution in [3.05, 3.63) is 86.8 Å². The Kier molecular flexibility index (Phi) is 5.08. The van der Waals surface area contributed by atoms with Crippen LogP contribution in [0.4, 0.5) is 0 Å². The Morgan fingerprint density at radius 3 is 2.36 bits per heavy atom. The fraction of sp³-hybridized carbons (Fsp3) is 0.286. The number of hydrogen-bond donors (Lipinski definition) is 2. The smallest absolute Gasteiger partial charge is 0.267 e. The van der Waals surface area contributed by atoms with Crippen molar-refractivity contribution < 1.29 is 4.74 Å². The first-order valence-electron chi connectivity index (χ1n) is 8.61. The van der Waals surface area contributed by atoms with Gasteiger partial charge >= 0.3 is 0 Å². The normalized spacial score (nSPS) is 11.0. The van der Waals surface area contributed by atoms with E-state index in [4.69, 9.17) is 4.74 Å². The molecule has 0 amide bonds. The van der Waals surface area contributed by atoms with E-state index < -0.39 is 0 Å². The predicted molar refractivity (Wildman–Crippen MR) is 100 cm³/mol. The van der Waals surface area contributed by atoms with Crippen molar-refractivity contribution in [1.82, 2.24) is 10.2 Å².